The summed E-state index contributed by atoms with van der Waals surface area (Å²) in [6.07, 6.45) is 0.853. The van der Waals surface area contributed by atoms with Gasteiger partial charge in [0, 0.05) is 13.1 Å². The number of thiophene rings is 1. The lowest BCUT2D eigenvalue weighted by Crippen LogP contribution is -2.35. The average molecular weight is 383 g/mol. The molecule has 0 radical (unpaired) electrons. The van der Waals surface area contributed by atoms with Crippen molar-refractivity contribution >= 4 is 33.0 Å². The van der Waals surface area contributed by atoms with Gasteiger partial charge >= 0.3 is 0 Å². The number of hydrogen-bond acceptors (Lipinski definition) is 5. The van der Waals surface area contributed by atoms with Crippen molar-refractivity contribution < 1.29 is 17.9 Å². The Labute approximate surface area is 152 Å². The Bertz CT molecular complexity index is 787. The summed E-state index contributed by atoms with van der Waals surface area (Å²) in [5.74, 6) is 0.320. The molecule has 1 unspecified atom stereocenters. The lowest BCUT2D eigenvalue weighted by molar-refractivity contribution is -0.123. The van der Waals surface area contributed by atoms with E-state index in [-0.39, 0.29) is 22.8 Å². The van der Waals surface area contributed by atoms with Gasteiger partial charge in [-0.1, -0.05) is 13.0 Å². The molecule has 0 fully saturated rings. The maximum absolute atomic E-state index is 12.5. The first-order valence-electron chi connectivity index (χ1n) is 7.89. The molecule has 1 aromatic carbocycles. The zero-order valence-corrected chi connectivity index (χ0v) is 16.1. The minimum absolute atomic E-state index is 0.0764. The second-order valence-electron chi connectivity index (χ2n) is 5.56. The van der Waals surface area contributed by atoms with Crippen molar-refractivity contribution in [3.63, 3.8) is 0 Å². The molecule has 1 aromatic heterocycles. The number of nitrogens with one attached hydrogen (secondary N) is 1. The van der Waals surface area contributed by atoms with Crippen molar-refractivity contribution in [2.45, 2.75) is 30.5 Å². The van der Waals surface area contributed by atoms with Crippen LogP contribution >= 0.6 is 11.3 Å². The number of sulfonamides is 1. The fourth-order valence-corrected chi connectivity index (χ4v) is 4.36. The molecule has 1 atom stereocenters. The predicted molar refractivity (Wildman–Crippen MR) is 99.7 cm³/mol. The molecule has 0 aliphatic heterocycles. The number of benzene rings is 1. The fourth-order valence-electron chi connectivity index (χ4n) is 2.00. The molecule has 0 saturated carbocycles. The summed E-state index contributed by atoms with van der Waals surface area (Å²) in [6, 6.07) is 9.96. The van der Waals surface area contributed by atoms with Crippen LogP contribution in [0.3, 0.4) is 0 Å². The normalized spacial score (nSPS) is 12.4. The first-order valence-corrected chi connectivity index (χ1v) is 10.2. The molecule has 0 aliphatic rings. The van der Waals surface area contributed by atoms with Crippen molar-refractivity contribution in [3.05, 3.63) is 41.8 Å². The van der Waals surface area contributed by atoms with Gasteiger partial charge in [-0.2, -0.15) is 0 Å². The van der Waals surface area contributed by atoms with E-state index in [9.17, 15) is 13.2 Å². The number of hydrogen-bond donors (Lipinski definition) is 1. The molecule has 6 nitrogen and oxygen atoms in total. The number of nitrogens with zero attached hydrogens (tertiary/aromatic N) is 1. The maximum Gasteiger partial charge on any atom is 0.273 e. The number of carbonyl (C=O) groups excluding carboxylic acids is 1. The Morgan fingerprint density at radius 3 is 2.52 bits per heavy atom. The molecule has 1 amide bonds. The van der Waals surface area contributed by atoms with Crippen LogP contribution in [0, 0.1) is 0 Å². The van der Waals surface area contributed by atoms with Crippen LogP contribution in [0.15, 0.2) is 46.0 Å². The zero-order chi connectivity index (χ0) is 18.4. The monoisotopic (exact) mass is 382 g/mol. The third-order valence-electron chi connectivity index (χ3n) is 3.70. The van der Waals surface area contributed by atoms with Crippen LogP contribution in [-0.2, 0) is 14.8 Å². The number of ether oxygens (including phenoxy) is 1. The summed E-state index contributed by atoms with van der Waals surface area (Å²) < 4.78 is 31.9. The third kappa shape index (κ3) is 4.96. The summed E-state index contributed by atoms with van der Waals surface area (Å²) in [5, 5.41) is 4.54. The lowest BCUT2D eigenvalue weighted by atomic mass is 10.2. The summed E-state index contributed by atoms with van der Waals surface area (Å²) in [7, 11) is -2.05. The summed E-state index contributed by atoms with van der Waals surface area (Å²) in [4.78, 5) is 11.7. The molecule has 0 bridgehead atoms. The van der Waals surface area contributed by atoms with Gasteiger partial charge in [-0.15, -0.1) is 11.3 Å². The van der Waals surface area contributed by atoms with Gasteiger partial charge in [-0.3, -0.25) is 9.10 Å². The van der Waals surface area contributed by atoms with Gasteiger partial charge in [0.2, 0.25) is 0 Å². The smallest absolute Gasteiger partial charge is 0.273 e. The Balaban J connectivity index is 1.99. The molecule has 25 heavy (non-hydrogen) atoms. The molecular weight excluding hydrogens is 360 g/mol. The van der Waals surface area contributed by atoms with Gasteiger partial charge in [0.25, 0.3) is 15.9 Å². The molecule has 2 rings (SSSR count). The summed E-state index contributed by atoms with van der Waals surface area (Å²) in [5.41, 5.74) is 0.518. The average Bonchev–Trinajstić information content (AvgIpc) is 3.15. The highest BCUT2D eigenvalue weighted by atomic mass is 32.2. The van der Waals surface area contributed by atoms with Gasteiger partial charge < -0.3 is 10.1 Å². The Hall–Kier alpha value is -2.06. The standard InChI is InChI=1S/C17H22N2O4S2/c1-4-13(2)18-16(20)12-23-15-9-7-14(8-10-15)19(3)25(21,22)17-6-5-11-24-17/h5-11,13H,4,12H2,1-3H3,(H,18,20). The van der Waals surface area contributed by atoms with Crippen LogP contribution in [0.5, 0.6) is 5.75 Å². The molecule has 1 heterocycles. The molecule has 8 heteroatoms. The van der Waals surface area contributed by atoms with Crippen LogP contribution in [-0.4, -0.2) is 34.0 Å². The first-order chi connectivity index (χ1) is 11.8. The topological polar surface area (TPSA) is 75.7 Å². The molecule has 136 valence electrons. The van der Waals surface area contributed by atoms with E-state index >= 15 is 0 Å². The van der Waals surface area contributed by atoms with E-state index < -0.39 is 10.0 Å². The summed E-state index contributed by atoms with van der Waals surface area (Å²) in [6.45, 7) is 3.84. The van der Waals surface area contributed by atoms with Crippen molar-refractivity contribution in [2.75, 3.05) is 18.0 Å². The van der Waals surface area contributed by atoms with Crippen LogP contribution in [0.4, 0.5) is 5.69 Å². The predicted octanol–water partition coefficient (Wildman–Crippen LogP) is 2.87. The van der Waals surface area contributed by atoms with E-state index in [0.717, 1.165) is 6.42 Å². The number of amides is 1. The van der Waals surface area contributed by atoms with E-state index in [1.165, 1.54) is 22.7 Å². The van der Waals surface area contributed by atoms with Gasteiger partial charge in [0.05, 0.1) is 5.69 Å². The minimum Gasteiger partial charge on any atom is -0.484 e. The molecule has 0 aliphatic carbocycles. The number of rotatable bonds is 8. The number of carbonyl (C=O) groups is 1. The third-order valence-corrected chi connectivity index (χ3v) is 6.86. The molecule has 0 spiro atoms. The SMILES string of the molecule is CCC(C)NC(=O)COc1ccc(N(C)S(=O)(=O)c2cccs2)cc1. The highest BCUT2D eigenvalue weighted by molar-refractivity contribution is 7.94. The van der Waals surface area contributed by atoms with Crippen molar-refractivity contribution in [2.24, 2.45) is 0 Å². The van der Waals surface area contributed by atoms with E-state index in [1.54, 1.807) is 41.8 Å². The second kappa shape index (κ2) is 8.35. The molecule has 2 aromatic rings. The second-order valence-corrected chi connectivity index (χ2v) is 8.71. The zero-order valence-electron chi connectivity index (χ0n) is 14.4. The van der Waals surface area contributed by atoms with Gasteiger partial charge in [-0.25, -0.2) is 8.42 Å². The minimum atomic E-state index is -3.56. The van der Waals surface area contributed by atoms with Crippen LogP contribution in [0.2, 0.25) is 0 Å². The highest BCUT2D eigenvalue weighted by Crippen LogP contribution is 2.26. The molecular formula is C17H22N2O4S2. The number of anilines is 1. The summed E-state index contributed by atoms with van der Waals surface area (Å²) >= 11 is 1.18. The van der Waals surface area contributed by atoms with E-state index in [4.69, 9.17) is 4.74 Å². The Morgan fingerprint density at radius 2 is 1.96 bits per heavy atom. The van der Waals surface area contributed by atoms with Gasteiger partial charge in [0.15, 0.2) is 6.61 Å². The van der Waals surface area contributed by atoms with Crippen LogP contribution < -0.4 is 14.4 Å². The van der Waals surface area contributed by atoms with E-state index in [2.05, 4.69) is 5.32 Å². The van der Waals surface area contributed by atoms with E-state index in [1.807, 2.05) is 13.8 Å². The Morgan fingerprint density at radius 1 is 1.28 bits per heavy atom. The molecule has 1 N–H and O–H groups in total. The van der Waals surface area contributed by atoms with Crippen molar-refractivity contribution in [1.29, 1.82) is 0 Å². The Kier molecular flexibility index (Phi) is 6.44. The van der Waals surface area contributed by atoms with E-state index in [0.29, 0.717) is 11.4 Å². The van der Waals surface area contributed by atoms with Crippen LogP contribution in [0.1, 0.15) is 20.3 Å². The molecule has 0 saturated heterocycles. The van der Waals surface area contributed by atoms with Crippen molar-refractivity contribution in [1.82, 2.24) is 5.32 Å². The first kappa shape index (κ1) is 19.3. The highest BCUT2D eigenvalue weighted by Gasteiger charge is 2.22. The van der Waals surface area contributed by atoms with Gasteiger partial charge in [0.1, 0.15) is 9.96 Å². The van der Waals surface area contributed by atoms with Crippen molar-refractivity contribution in [3.8, 4) is 5.75 Å². The fraction of sp³-hybridized carbons (Fsp3) is 0.353. The van der Waals surface area contributed by atoms with Gasteiger partial charge in [-0.05, 0) is 49.1 Å². The quantitative estimate of drug-likeness (QED) is 0.762. The lowest BCUT2D eigenvalue weighted by Gasteiger charge is -2.18. The van der Waals surface area contributed by atoms with Crippen LogP contribution in [0.25, 0.3) is 0 Å². The largest absolute Gasteiger partial charge is 0.484 e. The maximum atomic E-state index is 12.5.